The molecule has 0 radical (unpaired) electrons. The van der Waals surface area contributed by atoms with Gasteiger partial charge in [-0.3, -0.25) is 0 Å². The third kappa shape index (κ3) is 3.63. The van der Waals surface area contributed by atoms with Gasteiger partial charge in [0.25, 0.3) is 0 Å². The van der Waals surface area contributed by atoms with E-state index in [9.17, 15) is 9.60 Å². The summed E-state index contributed by atoms with van der Waals surface area (Å²) < 4.78 is 25.3. The number of halogens is 1. The first-order chi connectivity index (χ1) is 15.7. The van der Waals surface area contributed by atoms with Crippen LogP contribution in [0.25, 0.3) is 0 Å². The van der Waals surface area contributed by atoms with Gasteiger partial charge in [0.05, 0.1) is 24.5 Å². The Balaban J connectivity index is 1.50. The summed E-state index contributed by atoms with van der Waals surface area (Å²) in [7, 11) is 0. The fourth-order valence-electron chi connectivity index (χ4n) is 4.47. The molecular formula is C26H23FN2O3. The number of anilines is 1. The van der Waals surface area contributed by atoms with Crippen molar-refractivity contribution in [1.82, 2.24) is 0 Å². The molecule has 2 heterocycles. The van der Waals surface area contributed by atoms with E-state index in [2.05, 4.69) is 23.9 Å². The van der Waals surface area contributed by atoms with Crippen molar-refractivity contribution in [2.75, 3.05) is 11.7 Å². The number of hydrogen-bond donors (Lipinski definition) is 1. The molecule has 3 aromatic carbocycles. The molecule has 0 aliphatic carbocycles. The monoisotopic (exact) mass is 430 g/mol. The number of rotatable bonds is 5. The molecule has 162 valence electrons. The van der Waals surface area contributed by atoms with Crippen LogP contribution in [0.15, 0.2) is 78.1 Å². The van der Waals surface area contributed by atoms with Gasteiger partial charge in [-0.1, -0.05) is 54.2 Å². The van der Waals surface area contributed by atoms with Crippen LogP contribution in [-0.4, -0.2) is 17.7 Å². The Bertz CT molecular complexity index is 1210. The normalized spacial score (nSPS) is 16.1. The summed E-state index contributed by atoms with van der Waals surface area (Å²) in [5.74, 6) is 0.298. The molecule has 0 atom stereocenters. The van der Waals surface area contributed by atoms with E-state index in [0.717, 1.165) is 29.7 Å². The fourth-order valence-corrected chi connectivity index (χ4v) is 4.47. The molecule has 2 aliphatic rings. The molecule has 0 bridgehead atoms. The Kier molecular flexibility index (Phi) is 5.37. The van der Waals surface area contributed by atoms with Crippen molar-refractivity contribution in [3.8, 4) is 5.75 Å². The first-order valence-electron chi connectivity index (χ1n) is 10.5. The van der Waals surface area contributed by atoms with Gasteiger partial charge >= 0.3 is 0 Å². The average molecular weight is 430 g/mol. The van der Waals surface area contributed by atoms with Crippen LogP contribution < -0.4 is 9.64 Å². The van der Waals surface area contributed by atoms with Crippen molar-refractivity contribution >= 4 is 11.4 Å². The maximum Gasteiger partial charge on any atom is 0.189 e. The van der Waals surface area contributed by atoms with Gasteiger partial charge in [0, 0.05) is 16.7 Å². The van der Waals surface area contributed by atoms with Crippen molar-refractivity contribution in [3.63, 3.8) is 0 Å². The minimum absolute atomic E-state index is 0.135. The van der Waals surface area contributed by atoms with Gasteiger partial charge in [0.1, 0.15) is 17.3 Å². The first kappa shape index (κ1) is 20.3. The molecule has 6 heteroatoms. The molecule has 1 N–H and O–H groups in total. The van der Waals surface area contributed by atoms with Crippen molar-refractivity contribution in [2.24, 2.45) is 5.16 Å². The highest BCUT2D eigenvalue weighted by Crippen LogP contribution is 2.40. The third-order valence-corrected chi connectivity index (χ3v) is 5.96. The Morgan fingerprint density at radius 2 is 1.88 bits per heavy atom. The summed E-state index contributed by atoms with van der Waals surface area (Å²) in [6.07, 6.45) is 1.66. The van der Waals surface area contributed by atoms with E-state index in [4.69, 9.17) is 9.47 Å². The summed E-state index contributed by atoms with van der Waals surface area (Å²) in [5, 5.41) is 13.4. The Morgan fingerprint density at radius 3 is 2.69 bits per heavy atom. The molecule has 0 aromatic heterocycles. The fraction of sp³-hybridized carbons (Fsp3) is 0.192. The molecule has 0 saturated carbocycles. The van der Waals surface area contributed by atoms with Crippen LogP contribution in [0.2, 0.25) is 0 Å². The molecule has 0 fully saturated rings. The quantitative estimate of drug-likeness (QED) is 0.447. The molecule has 0 spiro atoms. The van der Waals surface area contributed by atoms with E-state index in [0.29, 0.717) is 41.4 Å². The molecule has 3 aromatic rings. The topological polar surface area (TPSA) is 54.3 Å². The second-order valence-electron chi connectivity index (χ2n) is 7.94. The number of ether oxygens (including phenoxy) is 2. The van der Waals surface area contributed by atoms with E-state index in [1.807, 2.05) is 41.3 Å². The number of fused-ring (bicyclic) bond motifs is 2. The van der Waals surface area contributed by atoms with Crippen LogP contribution in [0.3, 0.4) is 0 Å². The lowest BCUT2D eigenvalue weighted by molar-refractivity contribution is -0.0172. The number of oxime groups is 1. The van der Waals surface area contributed by atoms with Gasteiger partial charge in [-0.25, -0.2) is 4.39 Å². The SMILES string of the molecule is C=C1/C(=N\O)c2c(CCc3ccccc3)cccc2N1Cc1cc(F)cc2c1OCOC2. The molecule has 0 amide bonds. The zero-order valence-corrected chi connectivity index (χ0v) is 17.6. The Hall–Kier alpha value is -3.64. The van der Waals surface area contributed by atoms with Crippen molar-refractivity contribution in [3.05, 3.63) is 107 Å². The lowest BCUT2D eigenvalue weighted by Crippen LogP contribution is -2.22. The Morgan fingerprint density at radius 1 is 1.03 bits per heavy atom. The molecule has 2 aliphatic heterocycles. The van der Waals surface area contributed by atoms with Gasteiger partial charge < -0.3 is 19.6 Å². The zero-order valence-electron chi connectivity index (χ0n) is 17.6. The highest BCUT2D eigenvalue weighted by atomic mass is 19.1. The summed E-state index contributed by atoms with van der Waals surface area (Å²) >= 11 is 0. The van der Waals surface area contributed by atoms with Crippen LogP contribution in [-0.2, 0) is 30.7 Å². The highest BCUT2D eigenvalue weighted by Gasteiger charge is 2.33. The van der Waals surface area contributed by atoms with Crippen LogP contribution in [0.5, 0.6) is 5.75 Å². The van der Waals surface area contributed by atoms with Crippen molar-refractivity contribution in [1.29, 1.82) is 0 Å². The summed E-state index contributed by atoms with van der Waals surface area (Å²) in [6.45, 7) is 4.95. The summed E-state index contributed by atoms with van der Waals surface area (Å²) in [6, 6.07) is 19.2. The maximum absolute atomic E-state index is 14.3. The van der Waals surface area contributed by atoms with E-state index in [1.54, 1.807) is 0 Å². The van der Waals surface area contributed by atoms with Crippen LogP contribution in [0.4, 0.5) is 10.1 Å². The second-order valence-corrected chi connectivity index (χ2v) is 7.94. The van der Waals surface area contributed by atoms with E-state index in [-0.39, 0.29) is 12.6 Å². The van der Waals surface area contributed by atoms with Gasteiger partial charge in [-0.15, -0.1) is 0 Å². The molecule has 5 nitrogen and oxygen atoms in total. The van der Waals surface area contributed by atoms with Crippen molar-refractivity contribution < 1.29 is 19.1 Å². The number of aryl methyl sites for hydroxylation is 2. The zero-order chi connectivity index (χ0) is 22.1. The third-order valence-electron chi connectivity index (χ3n) is 5.96. The lowest BCUT2D eigenvalue weighted by Gasteiger charge is -2.25. The number of nitrogens with zero attached hydrogens (tertiary/aromatic N) is 2. The highest BCUT2D eigenvalue weighted by molar-refractivity contribution is 6.22. The molecule has 0 unspecified atom stereocenters. The van der Waals surface area contributed by atoms with Crippen LogP contribution in [0, 0.1) is 5.82 Å². The minimum atomic E-state index is -0.342. The van der Waals surface area contributed by atoms with E-state index < -0.39 is 0 Å². The van der Waals surface area contributed by atoms with E-state index >= 15 is 0 Å². The van der Waals surface area contributed by atoms with Crippen LogP contribution >= 0.6 is 0 Å². The number of benzene rings is 3. The predicted molar refractivity (Wildman–Crippen MR) is 121 cm³/mol. The van der Waals surface area contributed by atoms with Gasteiger partial charge in [0.15, 0.2) is 6.79 Å². The number of hydrogen-bond acceptors (Lipinski definition) is 5. The second kappa shape index (κ2) is 8.48. The standard InChI is InChI=1S/C26H23FN2O3/c1-17-25(28-30)24-19(11-10-18-6-3-2-4-7-18)8-5-9-23(24)29(17)14-20-12-22(27)13-21-15-31-16-32-26(20)21/h2-9,12-13,30H,1,10-11,14-16H2/b28-25+. The molecule has 5 rings (SSSR count). The summed E-state index contributed by atoms with van der Waals surface area (Å²) in [4.78, 5) is 1.95. The average Bonchev–Trinajstić information content (AvgIpc) is 3.09. The smallest absolute Gasteiger partial charge is 0.189 e. The largest absolute Gasteiger partial charge is 0.467 e. The van der Waals surface area contributed by atoms with Crippen LogP contribution in [0.1, 0.15) is 27.8 Å². The van der Waals surface area contributed by atoms with E-state index in [1.165, 1.54) is 17.7 Å². The molecular weight excluding hydrogens is 407 g/mol. The Labute approximate surface area is 186 Å². The molecule has 0 saturated heterocycles. The maximum atomic E-state index is 14.3. The lowest BCUT2D eigenvalue weighted by atomic mass is 9.97. The molecule has 32 heavy (non-hydrogen) atoms. The summed E-state index contributed by atoms with van der Waals surface area (Å²) in [5.41, 5.74) is 6.47. The number of allylic oxidation sites excluding steroid dienone is 1. The minimum Gasteiger partial charge on any atom is -0.467 e. The van der Waals surface area contributed by atoms with Gasteiger partial charge in [-0.05, 0) is 42.2 Å². The van der Waals surface area contributed by atoms with Gasteiger partial charge in [-0.2, -0.15) is 0 Å². The van der Waals surface area contributed by atoms with Crippen molar-refractivity contribution in [2.45, 2.75) is 26.0 Å². The van der Waals surface area contributed by atoms with Gasteiger partial charge in [0.2, 0.25) is 0 Å². The first-order valence-corrected chi connectivity index (χ1v) is 10.5. The predicted octanol–water partition coefficient (Wildman–Crippen LogP) is 5.19.